The molecule has 0 spiro atoms. The number of aromatic hydroxyl groups is 1. The minimum absolute atomic E-state index is 0.0801. The zero-order valence-corrected chi connectivity index (χ0v) is 18.8. The highest BCUT2D eigenvalue weighted by atomic mass is 16.6. The van der Waals surface area contributed by atoms with Gasteiger partial charge in [-0.1, -0.05) is 54.1 Å². The fraction of sp³-hybridized carbons (Fsp3) is 0.185. The standard InChI is InChI=1S/C27H27NO6/c1-19-11-15-21(16-12-19)28-27(32)34-26(20-13-17-22(29)18-14-20)24(9-5-6-10-25(30)31)33-23-7-3-2-4-8-23/h2-4,6-8,10-18,24,26,29H,5,9H2,1H3,(H,28,32)(H,30,31)/b10-6+/t24-,26-/m0/s1. The summed E-state index contributed by atoms with van der Waals surface area (Å²) in [6.07, 6.45) is 1.25. The van der Waals surface area contributed by atoms with Gasteiger partial charge in [0, 0.05) is 11.8 Å². The largest absolute Gasteiger partial charge is 0.508 e. The van der Waals surface area contributed by atoms with Crippen LogP contribution in [-0.2, 0) is 9.53 Å². The van der Waals surface area contributed by atoms with Gasteiger partial charge in [-0.3, -0.25) is 5.32 Å². The molecule has 1 amide bonds. The van der Waals surface area contributed by atoms with Gasteiger partial charge in [-0.15, -0.1) is 0 Å². The molecule has 3 rings (SSSR count). The van der Waals surface area contributed by atoms with E-state index in [-0.39, 0.29) is 5.75 Å². The van der Waals surface area contributed by atoms with E-state index in [4.69, 9.17) is 14.6 Å². The van der Waals surface area contributed by atoms with Crippen molar-refractivity contribution in [3.63, 3.8) is 0 Å². The monoisotopic (exact) mass is 461 g/mol. The number of phenolic OH excluding ortho intramolecular Hbond substituents is 1. The van der Waals surface area contributed by atoms with Crippen molar-refractivity contribution in [1.82, 2.24) is 0 Å². The third kappa shape index (κ3) is 7.70. The van der Waals surface area contributed by atoms with E-state index in [1.54, 1.807) is 36.4 Å². The Balaban J connectivity index is 1.86. The molecule has 0 saturated carbocycles. The number of ether oxygens (including phenoxy) is 2. The van der Waals surface area contributed by atoms with Crippen LogP contribution in [-0.4, -0.2) is 28.4 Å². The number of amides is 1. The number of carboxylic acid groups (broad SMARTS) is 1. The number of aliphatic carboxylic acids is 1. The van der Waals surface area contributed by atoms with Crippen molar-refractivity contribution in [1.29, 1.82) is 0 Å². The van der Waals surface area contributed by atoms with Crippen LogP contribution in [0.5, 0.6) is 11.5 Å². The Hall–Kier alpha value is -4.26. The van der Waals surface area contributed by atoms with Crippen molar-refractivity contribution in [3.05, 3.63) is 102 Å². The lowest BCUT2D eigenvalue weighted by molar-refractivity contribution is -0.131. The third-order valence-corrected chi connectivity index (χ3v) is 5.00. The van der Waals surface area contributed by atoms with Gasteiger partial charge < -0.3 is 19.7 Å². The zero-order valence-electron chi connectivity index (χ0n) is 18.8. The SMILES string of the molecule is Cc1ccc(NC(=O)O[C@@H](c2ccc(O)cc2)[C@H](CC/C=C/C(=O)O)Oc2ccccc2)cc1. The molecule has 0 saturated heterocycles. The van der Waals surface area contributed by atoms with Gasteiger partial charge in [0.1, 0.15) is 17.6 Å². The van der Waals surface area contributed by atoms with Crippen molar-refractivity contribution in [2.45, 2.75) is 32.0 Å². The van der Waals surface area contributed by atoms with E-state index < -0.39 is 24.3 Å². The van der Waals surface area contributed by atoms with Gasteiger partial charge in [0.05, 0.1) is 0 Å². The van der Waals surface area contributed by atoms with Gasteiger partial charge in [0.15, 0.2) is 6.10 Å². The molecule has 0 aromatic heterocycles. The van der Waals surface area contributed by atoms with Crippen molar-refractivity contribution >= 4 is 17.7 Å². The molecule has 3 aromatic rings. The third-order valence-electron chi connectivity index (χ3n) is 5.00. The summed E-state index contributed by atoms with van der Waals surface area (Å²) in [5, 5.41) is 21.3. The zero-order chi connectivity index (χ0) is 24.3. The first kappa shape index (κ1) is 24.4. The Morgan fingerprint density at radius 1 is 0.971 bits per heavy atom. The summed E-state index contributed by atoms with van der Waals surface area (Å²) >= 11 is 0. The molecule has 0 unspecified atom stereocenters. The minimum atomic E-state index is -1.04. The van der Waals surface area contributed by atoms with Crippen LogP contribution in [0.3, 0.4) is 0 Å². The second-order valence-electron chi connectivity index (χ2n) is 7.70. The summed E-state index contributed by atoms with van der Waals surface area (Å²) in [5.41, 5.74) is 2.27. The van der Waals surface area contributed by atoms with E-state index in [0.29, 0.717) is 29.8 Å². The van der Waals surface area contributed by atoms with Gasteiger partial charge in [0.2, 0.25) is 0 Å². The maximum Gasteiger partial charge on any atom is 0.412 e. The first-order chi connectivity index (χ1) is 16.4. The Morgan fingerprint density at radius 2 is 1.65 bits per heavy atom. The predicted molar refractivity (Wildman–Crippen MR) is 129 cm³/mol. The van der Waals surface area contributed by atoms with Crippen LogP contribution in [0.4, 0.5) is 10.5 Å². The highest BCUT2D eigenvalue weighted by Crippen LogP contribution is 2.30. The number of carbonyl (C=O) groups is 2. The van der Waals surface area contributed by atoms with Crippen LogP contribution in [0.1, 0.15) is 30.1 Å². The summed E-state index contributed by atoms with van der Waals surface area (Å²) in [7, 11) is 0. The Morgan fingerprint density at radius 3 is 2.29 bits per heavy atom. The number of phenols is 1. The van der Waals surface area contributed by atoms with E-state index in [0.717, 1.165) is 11.6 Å². The summed E-state index contributed by atoms with van der Waals surface area (Å²) in [5.74, 6) is -0.373. The van der Waals surface area contributed by atoms with Crippen LogP contribution < -0.4 is 10.1 Å². The molecule has 7 nitrogen and oxygen atoms in total. The molecule has 3 N–H and O–H groups in total. The Labute approximate surface area is 198 Å². The molecule has 2 atom stereocenters. The van der Waals surface area contributed by atoms with E-state index in [9.17, 15) is 14.7 Å². The maximum atomic E-state index is 12.8. The average Bonchev–Trinajstić information content (AvgIpc) is 2.82. The topological polar surface area (TPSA) is 105 Å². The number of anilines is 1. The fourth-order valence-electron chi connectivity index (χ4n) is 3.31. The summed E-state index contributed by atoms with van der Waals surface area (Å²) in [6, 6.07) is 22.8. The lowest BCUT2D eigenvalue weighted by Crippen LogP contribution is -2.31. The second kappa shape index (κ2) is 12.1. The van der Waals surface area contributed by atoms with E-state index >= 15 is 0 Å². The molecule has 0 bridgehead atoms. The van der Waals surface area contributed by atoms with E-state index in [1.807, 2.05) is 37.3 Å². The summed E-state index contributed by atoms with van der Waals surface area (Å²) < 4.78 is 12.0. The second-order valence-corrected chi connectivity index (χ2v) is 7.70. The first-order valence-electron chi connectivity index (χ1n) is 10.8. The highest BCUT2D eigenvalue weighted by Gasteiger charge is 2.29. The Bertz CT molecular complexity index is 1090. The average molecular weight is 462 g/mol. The number of benzene rings is 3. The molecule has 0 fully saturated rings. The number of nitrogens with one attached hydrogen (secondary N) is 1. The first-order valence-corrected chi connectivity index (χ1v) is 10.8. The maximum absolute atomic E-state index is 12.8. The molecule has 3 aromatic carbocycles. The van der Waals surface area contributed by atoms with Gasteiger partial charge in [-0.2, -0.15) is 0 Å². The number of aryl methyl sites for hydroxylation is 1. The number of para-hydroxylation sites is 1. The predicted octanol–water partition coefficient (Wildman–Crippen LogP) is 5.86. The van der Waals surface area contributed by atoms with Gasteiger partial charge in [-0.25, -0.2) is 9.59 Å². The van der Waals surface area contributed by atoms with Crippen LogP contribution in [0.15, 0.2) is 91.0 Å². The van der Waals surface area contributed by atoms with Gasteiger partial charge in [-0.05, 0) is 61.7 Å². The lowest BCUT2D eigenvalue weighted by Gasteiger charge is -2.28. The normalized spacial score (nSPS) is 12.6. The number of hydrogen-bond donors (Lipinski definition) is 3. The van der Waals surface area contributed by atoms with Crippen molar-refractivity contribution in [2.75, 3.05) is 5.32 Å². The fourth-order valence-corrected chi connectivity index (χ4v) is 3.31. The highest BCUT2D eigenvalue weighted by molar-refractivity contribution is 5.84. The van der Waals surface area contributed by atoms with E-state index in [1.165, 1.54) is 18.2 Å². The van der Waals surface area contributed by atoms with E-state index in [2.05, 4.69) is 5.32 Å². The molecule has 176 valence electrons. The molecular weight excluding hydrogens is 434 g/mol. The molecule has 0 radical (unpaired) electrons. The molecule has 0 aliphatic carbocycles. The quantitative estimate of drug-likeness (QED) is 0.327. The summed E-state index contributed by atoms with van der Waals surface area (Å²) in [6.45, 7) is 1.95. The van der Waals surface area contributed by atoms with Crippen LogP contribution >= 0.6 is 0 Å². The van der Waals surface area contributed by atoms with Gasteiger partial charge >= 0.3 is 12.1 Å². The summed E-state index contributed by atoms with van der Waals surface area (Å²) in [4.78, 5) is 23.6. The van der Waals surface area contributed by atoms with Crippen LogP contribution in [0.25, 0.3) is 0 Å². The number of hydrogen-bond acceptors (Lipinski definition) is 5. The number of allylic oxidation sites excluding steroid dienone is 1. The van der Waals surface area contributed by atoms with Crippen molar-refractivity contribution < 1.29 is 29.3 Å². The van der Waals surface area contributed by atoms with Crippen LogP contribution in [0, 0.1) is 6.92 Å². The number of carbonyl (C=O) groups excluding carboxylic acids is 1. The van der Waals surface area contributed by atoms with Gasteiger partial charge in [0.25, 0.3) is 0 Å². The molecule has 34 heavy (non-hydrogen) atoms. The molecular formula is C27H27NO6. The molecule has 0 aliphatic heterocycles. The Kier molecular flexibility index (Phi) is 8.68. The number of rotatable bonds is 10. The molecule has 7 heteroatoms. The smallest absolute Gasteiger partial charge is 0.412 e. The lowest BCUT2D eigenvalue weighted by atomic mass is 10.00. The molecule has 0 heterocycles. The van der Waals surface area contributed by atoms with Crippen LogP contribution in [0.2, 0.25) is 0 Å². The molecule has 0 aliphatic rings. The van der Waals surface area contributed by atoms with Crippen molar-refractivity contribution in [3.8, 4) is 11.5 Å². The van der Waals surface area contributed by atoms with Crippen molar-refractivity contribution in [2.24, 2.45) is 0 Å². The minimum Gasteiger partial charge on any atom is -0.508 e. The number of carboxylic acids is 1.